The maximum Gasteiger partial charge on any atom is 0.307 e. The largest absolute Gasteiger partial charge is 0.481 e. The Kier molecular flexibility index (Phi) is 7.34. The minimum atomic E-state index is -0.721. The summed E-state index contributed by atoms with van der Waals surface area (Å²) in [5, 5.41) is 12.2. The van der Waals surface area contributed by atoms with Crippen molar-refractivity contribution >= 4 is 5.97 Å². The molecule has 2 atom stereocenters. The smallest absolute Gasteiger partial charge is 0.307 e. The molecule has 2 unspecified atom stereocenters. The number of hydrogen-bond donors (Lipinski definition) is 2. The lowest BCUT2D eigenvalue weighted by Crippen LogP contribution is -2.37. The summed E-state index contributed by atoms with van der Waals surface area (Å²) in [6.07, 6.45) is 0.710. The Hall–Kier alpha value is -0.610. The number of aliphatic carboxylic acids is 1. The number of carbonyl (C=O) groups is 1. The lowest BCUT2D eigenvalue weighted by molar-refractivity contribution is -0.142. The van der Waals surface area contributed by atoms with Crippen molar-refractivity contribution in [1.82, 2.24) is 5.32 Å². The second-order valence-corrected chi connectivity index (χ2v) is 4.43. The summed E-state index contributed by atoms with van der Waals surface area (Å²) in [7, 11) is 1.64. The van der Waals surface area contributed by atoms with Crippen LogP contribution in [0, 0.1) is 11.8 Å². The van der Waals surface area contributed by atoms with E-state index in [1.807, 2.05) is 20.8 Å². The summed E-state index contributed by atoms with van der Waals surface area (Å²) in [4.78, 5) is 10.9. The van der Waals surface area contributed by atoms with Crippen LogP contribution in [-0.2, 0) is 9.53 Å². The molecular weight excluding hydrogens is 194 g/mol. The molecule has 0 aromatic carbocycles. The first kappa shape index (κ1) is 14.4. The van der Waals surface area contributed by atoms with E-state index in [1.165, 1.54) is 0 Å². The van der Waals surface area contributed by atoms with Gasteiger partial charge in [-0.1, -0.05) is 13.8 Å². The maximum atomic E-state index is 10.9. The second kappa shape index (κ2) is 7.65. The highest BCUT2D eigenvalue weighted by Gasteiger charge is 2.19. The van der Waals surface area contributed by atoms with Crippen LogP contribution >= 0.6 is 0 Å². The lowest BCUT2D eigenvalue weighted by atomic mass is 9.97. The predicted molar refractivity (Wildman–Crippen MR) is 59.9 cm³/mol. The van der Waals surface area contributed by atoms with Gasteiger partial charge in [-0.15, -0.1) is 0 Å². The van der Waals surface area contributed by atoms with Crippen molar-refractivity contribution in [3.05, 3.63) is 0 Å². The van der Waals surface area contributed by atoms with E-state index in [4.69, 9.17) is 9.84 Å². The van der Waals surface area contributed by atoms with Gasteiger partial charge in [-0.25, -0.2) is 0 Å². The molecule has 4 nitrogen and oxygen atoms in total. The summed E-state index contributed by atoms with van der Waals surface area (Å²) in [6, 6.07) is 0.198. The summed E-state index contributed by atoms with van der Waals surface area (Å²) in [5.74, 6) is -0.615. The molecule has 0 bridgehead atoms. The molecule has 0 rings (SSSR count). The number of rotatable bonds is 8. The Morgan fingerprint density at radius 3 is 2.40 bits per heavy atom. The van der Waals surface area contributed by atoms with Crippen LogP contribution in [0.4, 0.5) is 0 Å². The first-order valence-corrected chi connectivity index (χ1v) is 5.42. The fourth-order valence-electron chi connectivity index (χ4n) is 1.49. The second-order valence-electron chi connectivity index (χ2n) is 4.43. The molecule has 0 spiro atoms. The van der Waals surface area contributed by atoms with Gasteiger partial charge in [0.2, 0.25) is 0 Å². The van der Waals surface area contributed by atoms with Gasteiger partial charge in [0.1, 0.15) is 0 Å². The summed E-state index contributed by atoms with van der Waals surface area (Å²) < 4.78 is 4.97. The van der Waals surface area contributed by atoms with Crippen molar-refractivity contribution < 1.29 is 14.6 Å². The predicted octanol–water partition coefficient (Wildman–Crippen LogP) is 1.36. The fraction of sp³-hybridized carbons (Fsp3) is 0.909. The van der Waals surface area contributed by atoms with Crippen LogP contribution in [0.3, 0.4) is 0 Å². The van der Waals surface area contributed by atoms with Crippen molar-refractivity contribution in [3.63, 3.8) is 0 Å². The van der Waals surface area contributed by atoms with Gasteiger partial charge in [-0.2, -0.15) is 0 Å². The highest BCUT2D eigenvalue weighted by molar-refractivity contribution is 5.70. The molecule has 0 heterocycles. The molecule has 0 radical (unpaired) electrons. The molecule has 0 aromatic rings. The average Bonchev–Trinajstić information content (AvgIpc) is 2.11. The van der Waals surface area contributed by atoms with E-state index in [0.29, 0.717) is 25.5 Å². The van der Waals surface area contributed by atoms with E-state index < -0.39 is 5.97 Å². The standard InChI is InChI=1S/C11H23NO3/c1-8(2)5-10(11(13)14)6-12-9(3)7-15-4/h8-10,12H,5-7H2,1-4H3,(H,13,14). The van der Waals surface area contributed by atoms with Gasteiger partial charge in [0, 0.05) is 19.7 Å². The zero-order valence-corrected chi connectivity index (χ0v) is 10.1. The normalized spacial score (nSPS) is 15.3. The van der Waals surface area contributed by atoms with Crippen molar-refractivity contribution in [2.75, 3.05) is 20.3 Å². The Morgan fingerprint density at radius 2 is 2.00 bits per heavy atom. The molecule has 0 fully saturated rings. The minimum Gasteiger partial charge on any atom is -0.481 e. The number of carboxylic acid groups (broad SMARTS) is 1. The monoisotopic (exact) mass is 217 g/mol. The minimum absolute atomic E-state index is 0.198. The van der Waals surface area contributed by atoms with Gasteiger partial charge in [-0.05, 0) is 19.3 Å². The molecule has 0 aliphatic carbocycles. The fourth-order valence-corrected chi connectivity index (χ4v) is 1.49. The summed E-state index contributed by atoms with van der Waals surface area (Å²) >= 11 is 0. The van der Waals surface area contributed by atoms with E-state index in [1.54, 1.807) is 7.11 Å². The molecule has 0 amide bonds. The average molecular weight is 217 g/mol. The number of methoxy groups -OCH3 is 1. The van der Waals surface area contributed by atoms with Gasteiger partial charge in [-0.3, -0.25) is 4.79 Å². The third kappa shape index (κ3) is 7.33. The number of ether oxygens (including phenoxy) is 1. The van der Waals surface area contributed by atoms with E-state index >= 15 is 0 Å². The Morgan fingerprint density at radius 1 is 1.40 bits per heavy atom. The molecule has 0 aliphatic heterocycles. The quantitative estimate of drug-likeness (QED) is 0.644. The number of nitrogens with one attached hydrogen (secondary N) is 1. The molecule has 90 valence electrons. The van der Waals surface area contributed by atoms with Crippen LogP contribution in [0.1, 0.15) is 27.2 Å². The van der Waals surface area contributed by atoms with E-state index in [0.717, 1.165) is 0 Å². The number of carboxylic acids is 1. The molecule has 0 aliphatic rings. The van der Waals surface area contributed by atoms with E-state index in [-0.39, 0.29) is 12.0 Å². The third-order valence-electron chi connectivity index (χ3n) is 2.23. The lowest BCUT2D eigenvalue weighted by Gasteiger charge is -2.18. The molecule has 0 saturated carbocycles. The summed E-state index contributed by atoms with van der Waals surface area (Å²) in [5.41, 5.74) is 0. The van der Waals surface area contributed by atoms with Crippen LogP contribution in [-0.4, -0.2) is 37.4 Å². The highest BCUT2D eigenvalue weighted by Crippen LogP contribution is 2.11. The van der Waals surface area contributed by atoms with Crippen LogP contribution in [0.2, 0.25) is 0 Å². The van der Waals surface area contributed by atoms with Gasteiger partial charge < -0.3 is 15.2 Å². The third-order valence-corrected chi connectivity index (χ3v) is 2.23. The van der Waals surface area contributed by atoms with Gasteiger partial charge in [0.05, 0.1) is 12.5 Å². The SMILES string of the molecule is COCC(C)NCC(CC(C)C)C(=O)O. The highest BCUT2D eigenvalue weighted by atomic mass is 16.5. The first-order valence-electron chi connectivity index (χ1n) is 5.42. The van der Waals surface area contributed by atoms with Crippen molar-refractivity contribution in [2.24, 2.45) is 11.8 Å². The van der Waals surface area contributed by atoms with E-state index in [9.17, 15) is 4.79 Å². The van der Waals surface area contributed by atoms with E-state index in [2.05, 4.69) is 5.32 Å². The zero-order chi connectivity index (χ0) is 11.8. The Labute approximate surface area is 92.0 Å². The van der Waals surface area contributed by atoms with Crippen LogP contribution < -0.4 is 5.32 Å². The maximum absolute atomic E-state index is 10.9. The molecular formula is C11H23NO3. The molecule has 0 saturated heterocycles. The number of hydrogen-bond acceptors (Lipinski definition) is 3. The van der Waals surface area contributed by atoms with Crippen LogP contribution in [0.25, 0.3) is 0 Å². The van der Waals surface area contributed by atoms with Gasteiger partial charge in [0.25, 0.3) is 0 Å². The summed E-state index contributed by atoms with van der Waals surface area (Å²) in [6.45, 7) is 7.17. The molecule has 0 aromatic heterocycles. The topological polar surface area (TPSA) is 58.6 Å². The van der Waals surface area contributed by atoms with Gasteiger partial charge >= 0.3 is 5.97 Å². The Bertz CT molecular complexity index is 183. The van der Waals surface area contributed by atoms with Crippen LogP contribution in [0.15, 0.2) is 0 Å². The van der Waals surface area contributed by atoms with Crippen molar-refractivity contribution in [3.8, 4) is 0 Å². The van der Waals surface area contributed by atoms with Crippen LogP contribution in [0.5, 0.6) is 0 Å². The Balaban J connectivity index is 3.90. The van der Waals surface area contributed by atoms with Gasteiger partial charge in [0.15, 0.2) is 0 Å². The molecule has 4 heteroatoms. The first-order chi connectivity index (χ1) is 6.97. The van der Waals surface area contributed by atoms with Crippen molar-refractivity contribution in [1.29, 1.82) is 0 Å². The zero-order valence-electron chi connectivity index (χ0n) is 10.1. The van der Waals surface area contributed by atoms with Crippen molar-refractivity contribution in [2.45, 2.75) is 33.2 Å². The molecule has 2 N–H and O–H groups in total. The molecule has 15 heavy (non-hydrogen) atoms.